The Morgan fingerprint density at radius 1 is 0.944 bits per heavy atom. The second-order valence-corrected chi connectivity index (χ2v) is 3.66. The van der Waals surface area contributed by atoms with E-state index in [-0.39, 0.29) is 0 Å². The number of hydrogen-bond donors (Lipinski definition) is 0. The van der Waals surface area contributed by atoms with Crippen LogP contribution in [0.4, 0.5) is 0 Å². The first kappa shape index (κ1) is 10.5. The second-order valence-electron chi connectivity index (χ2n) is 3.66. The van der Waals surface area contributed by atoms with Crippen LogP contribution >= 0.6 is 0 Å². The summed E-state index contributed by atoms with van der Waals surface area (Å²) < 4.78 is 8.93. The van der Waals surface area contributed by atoms with Gasteiger partial charge in [0.1, 0.15) is 30.0 Å². The van der Waals surface area contributed by atoms with Gasteiger partial charge in [0.05, 0.1) is 7.11 Å². The highest BCUT2D eigenvalue weighted by molar-refractivity contribution is 5.41. The Morgan fingerprint density at radius 2 is 1.50 bits per heavy atom. The van der Waals surface area contributed by atoms with Crippen LogP contribution in [-0.4, -0.2) is 31.2 Å². The van der Waals surface area contributed by atoms with Gasteiger partial charge in [-0.1, -0.05) is 0 Å². The van der Waals surface area contributed by atoms with Crippen LogP contribution in [0.1, 0.15) is 0 Å². The van der Waals surface area contributed by atoms with Crippen LogP contribution in [0.2, 0.25) is 0 Å². The lowest BCUT2D eigenvalue weighted by Crippen LogP contribution is -2.01. The van der Waals surface area contributed by atoms with Crippen molar-refractivity contribution in [2.45, 2.75) is 0 Å². The first-order valence-electron chi connectivity index (χ1n) is 5.39. The van der Waals surface area contributed by atoms with Gasteiger partial charge in [0, 0.05) is 36.9 Å². The molecule has 90 valence electrons. The number of methoxy groups -OCH3 is 1. The molecule has 0 amide bonds. The predicted molar refractivity (Wildman–Crippen MR) is 65.0 cm³/mol. The Bertz CT molecular complexity index is 578. The van der Waals surface area contributed by atoms with Gasteiger partial charge < -0.3 is 4.74 Å². The second kappa shape index (κ2) is 4.33. The summed E-state index contributed by atoms with van der Waals surface area (Å²) >= 11 is 0. The van der Waals surface area contributed by atoms with Crippen molar-refractivity contribution in [3.05, 3.63) is 49.6 Å². The Labute approximate surface area is 104 Å². The van der Waals surface area contributed by atoms with E-state index in [0.29, 0.717) is 0 Å². The molecule has 6 heteroatoms. The molecule has 3 heterocycles. The van der Waals surface area contributed by atoms with Crippen molar-refractivity contribution in [2.75, 3.05) is 7.11 Å². The number of imidazole rings is 2. The Balaban J connectivity index is 2.13. The number of pyridine rings is 1. The van der Waals surface area contributed by atoms with E-state index >= 15 is 0 Å². The Hall–Kier alpha value is -2.63. The highest BCUT2D eigenvalue weighted by atomic mass is 16.5. The molecule has 0 aliphatic carbocycles. The van der Waals surface area contributed by atoms with E-state index in [1.165, 1.54) is 0 Å². The Kier molecular flexibility index (Phi) is 2.53. The Morgan fingerprint density at radius 3 is 1.89 bits per heavy atom. The average molecular weight is 241 g/mol. The lowest BCUT2D eigenvalue weighted by molar-refractivity contribution is 0.413. The van der Waals surface area contributed by atoms with E-state index < -0.39 is 0 Å². The predicted octanol–water partition coefficient (Wildman–Crippen LogP) is 1.46. The summed E-state index contributed by atoms with van der Waals surface area (Å²) in [6.45, 7) is 0. The van der Waals surface area contributed by atoms with Gasteiger partial charge in [0.25, 0.3) is 0 Å². The summed E-state index contributed by atoms with van der Waals surface area (Å²) in [7, 11) is 1.63. The molecule has 3 aromatic heterocycles. The minimum Gasteiger partial charge on any atom is -0.496 e. The van der Waals surface area contributed by atoms with Crippen molar-refractivity contribution in [1.82, 2.24) is 24.1 Å². The summed E-state index contributed by atoms with van der Waals surface area (Å²) in [4.78, 5) is 12.6. The van der Waals surface area contributed by atoms with E-state index in [1.54, 1.807) is 32.2 Å². The van der Waals surface area contributed by atoms with E-state index in [1.807, 2.05) is 33.7 Å². The van der Waals surface area contributed by atoms with Gasteiger partial charge in [-0.25, -0.2) is 15.0 Å². The molecule has 18 heavy (non-hydrogen) atoms. The summed E-state index contributed by atoms with van der Waals surface area (Å²) in [6, 6.07) is 3.70. The van der Waals surface area contributed by atoms with Crippen molar-refractivity contribution < 1.29 is 4.74 Å². The van der Waals surface area contributed by atoms with Crippen molar-refractivity contribution in [3.8, 4) is 17.4 Å². The number of hydrogen-bond acceptors (Lipinski definition) is 4. The minimum absolute atomic E-state index is 0.734. The largest absolute Gasteiger partial charge is 0.496 e. The molecule has 3 aromatic rings. The third-order valence-electron chi connectivity index (χ3n) is 2.55. The molecule has 0 spiro atoms. The summed E-state index contributed by atoms with van der Waals surface area (Å²) in [6.07, 6.45) is 10.5. The molecule has 0 saturated carbocycles. The standard InChI is InChI=1S/C12H11N5O/c1-18-10-6-11(16-4-2-13-8-16)15-12(7-10)17-5-3-14-9-17/h2-9H,1H3. The quantitative estimate of drug-likeness (QED) is 0.696. The maximum atomic E-state index is 5.28. The maximum Gasteiger partial charge on any atom is 0.144 e. The molecule has 0 N–H and O–H groups in total. The highest BCUT2D eigenvalue weighted by Gasteiger charge is 2.06. The molecule has 0 fully saturated rings. The van der Waals surface area contributed by atoms with Crippen LogP contribution < -0.4 is 4.74 Å². The molecule has 0 aromatic carbocycles. The van der Waals surface area contributed by atoms with Crippen molar-refractivity contribution in [3.63, 3.8) is 0 Å². The van der Waals surface area contributed by atoms with Gasteiger partial charge in [-0.05, 0) is 0 Å². The molecule has 0 saturated heterocycles. The third-order valence-corrected chi connectivity index (χ3v) is 2.55. The number of ether oxygens (including phenoxy) is 1. The lowest BCUT2D eigenvalue weighted by Gasteiger charge is -2.08. The topological polar surface area (TPSA) is 57.8 Å². The zero-order valence-corrected chi connectivity index (χ0v) is 9.76. The maximum absolute atomic E-state index is 5.28. The van der Waals surface area contributed by atoms with Gasteiger partial charge >= 0.3 is 0 Å². The fourth-order valence-corrected chi connectivity index (χ4v) is 1.65. The van der Waals surface area contributed by atoms with Gasteiger partial charge in [0.15, 0.2) is 0 Å². The monoisotopic (exact) mass is 241 g/mol. The van der Waals surface area contributed by atoms with Gasteiger partial charge in [-0.3, -0.25) is 9.13 Å². The van der Waals surface area contributed by atoms with Crippen LogP contribution in [0, 0.1) is 0 Å². The van der Waals surface area contributed by atoms with Gasteiger partial charge in [0.2, 0.25) is 0 Å². The minimum atomic E-state index is 0.734. The van der Waals surface area contributed by atoms with Crippen LogP contribution in [0.5, 0.6) is 5.75 Å². The number of nitrogens with zero attached hydrogens (tertiary/aromatic N) is 5. The molecule has 0 unspecified atom stereocenters. The molecule has 0 aliphatic rings. The van der Waals surface area contributed by atoms with E-state index in [2.05, 4.69) is 15.0 Å². The zero-order chi connectivity index (χ0) is 12.4. The highest BCUT2D eigenvalue weighted by Crippen LogP contribution is 2.18. The van der Waals surface area contributed by atoms with E-state index in [9.17, 15) is 0 Å². The van der Waals surface area contributed by atoms with Crippen molar-refractivity contribution >= 4 is 0 Å². The lowest BCUT2D eigenvalue weighted by atomic mass is 10.4. The fourth-order valence-electron chi connectivity index (χ4n) is 1.65. The molecule has 0 radical (unpaired) electrons. The zero-order valence-electron chi connectivity index (χ0n) is 9.76. The first-order chi connectivity index (χ1) is 8.86. The van der Waals surface area contributed by atoms with E-state index in [4.69, 9.17) is 4.74 Å². The molecular formula is C12H11N5O. The first-order valence-corrected chi connectivity index (χ1v) is 5.39. The molecule has 0 atom stereocenters. The smallest absolute Gasteiger partial charge is 0.144 e. The van der Waals surface area contributed by atoms with Crippen molar-refractivity contribution in [2.24, 2.45) is 0 Å². The van der Waals surface area contributed by atoms with E-state index in [0.717, 1.165) is 17.4 Å². The summed E-state index contributed by atoms with van der Waals surface area (Å²) in [5.74, 6) is 2.23. The van der Waals surface area contributed by atoms with Crippen LogP contribution in [-0.2, 0) is 0 Å². The molecular weight excluding hydrogens is 230 g/mol. The normalized spacial score (nSPS) is 10.5. The third kappa shape index (κ3) is 1.84. The SMILES string of the molecule is COc1cc(-n2ccnc2)nc(-n2ccnc2)c1. The molecule has 6 nitrogen and oxygen atoms in total. The van der Waals surface area contributed by atoms with Gasteiger partial charge in [-0.15, -0.1) is 0 Å². The summed E-state index contributed by atoms with van der Waals surface area (Å²) in [5, 5.41) is 0. The molecule has 3 rings (SSSR count). The average Bonchev–Trinajstić information content (AvgIpc) is 3.10. The van der Waals surface area contributed by atoms with Gasteiger partial charge in [-0.2, -0.15) is 0 Å². The van der Waals surface area contributed by atoms with Crippen LogP contribution in [0.15, 0.2) is 49.6 Å². The van der Waals surface area contributed by atoms with Crippen molar-refractivity contribution in [1.29, 1.82) is 0 Å². The fraction of sp³-hybridized carbons (Fsp3) is 0.0833. The number of aromatic nitrogens is 5. The molecule has 0 bridgehead atoms. The van der Waals surface area contributed by atoms with Crippen LogP contribution in [0.25, 0.3) is 11.6 Å². The number of rotatable bonds is 3. The molecule has 0 aliphatic heterocycles. The summed E-state index contributed by atoms with van der Waals surface area (Å²) in [5.41, 5.74) is 0. The van der Waals surface area contributed by atoms with Crippen LogP contribution in [0.3, 0.4) is 0 Å².